The summed E-state index contributed by atoms with van der Waals surface area (Å²) >= 11 is 0. The van der Waals surface area contributed by atoms with Crippen LogP contribution in [0, 0.1) is 19.8 Å². The normalized spacial score (nSPS) is 12.8. The van der Waals surface area contributed by atoms with Crippen molar-refractivity contribution in [2.24, 2.45) is 5.92 Å². The van der Waals surface area contributed by atoms with Crippen LogP contribution in [-0.2, 0) is 0 Å². The van der Waals surface area contributed by atoms with Crippen LogP contribution in [0.1, 0.15) is 56.3 Å². The molecule has 108 valence electrons. The Hall–Kier alpha value is -1.02. The molecule has 0 radical (unpaired) electrons. The first kappa shape index (κ1) is 16.0. The minimum atomic E-state index is 0.384. The summed E-state index contributed by atoms with van der Waals surface area (Å²) in [7, 11) is 1.78. The number of ether oxygens (including phenoxy) is 1. The van der Waals surface area contributed by atoms with E-state index < -0.39 is 0 Å². The number of hydrogen-bond donors (Lipinski definition) is 1. The van der Waals surface area contributed by atoms with Gasteiger partial charge in [-0.15, -0.1) is 0 Å². The molecule has 1 aromatic rings. The molecule has 0 aromatic heterocycles. The number of benzene rings is 1. The molecule has 1 rings (SSSR count). The maximum atomic E-state index is 5.66. The lowest BCUT2D eigenvalue weighted by atomic mass is 9.93. The van der Waals surface area contributed by atoms with Gasteiger partial charge < -0.3 is 10.1 Å². The summed E-state index contributed by atoms with van der Waals surface area (Å²) in [6, 6.07) is 4.81. The zero-order valence-corrected chi connectivity index (χ0v) is 13.3. The standard InChI is InChI=1S/C17H29NO/c1-7-10-18-16(11-12(2)3)15-9-8-13(4)14(5)17(15)19-6/h8-9,12,16,18H,7,10-11H2,1-6H3. The highest BCUT2D eigenvalue weighted by atomic mass is 16.5. The van der Waals surface area contributed by atoms with Crippen LogP contribution in [-0.4, -0.2) is 13.7 Å². The van der Waals surface area contributed by atoms with E-state index in [2.05, 4.69) is 52.1 Å². The molecule has 0 saturated heterocycles. The van der Waals surface area contributed by atoms with Crippen molar-refractivity contribution in [3.8, 4) is 5.75 Å². The van der Waals surface area contributed by atoms with Crippen LogP contribution in [0.3, 0.4) is 0 Å². The van der Waals surface area contributed by atoms with Gasteiger partial charge in [-0.1, -0.05) is 32.9 Å². The number of aryl methyl sites for hydroxylation is 1. The van der Waals surface area contributed by atoms with Crippen LogP contribution in [0.4, 0.5) is 0 Å². The fourth-order valence-electron chi connectivity index (χ4n) is 2.47. The molecule has 0 fully saturated rings. The molecule has 19 heavy (non-hydrogen) atoms. The van der Waals surface area contributed by atoms with E-state index >= 15 is 0 Å². The Morgan fingerprint density at radius 2 is 1.89 bits per heavy atom. The topological polar surface area (TPSA) is 21.3 Å². The Kier molecular flexibility index (Phi) is 6.36. The molecule has 1 aromatic carbocycles. The van der Waals surface area contributed by atoms with Crippen molar-refractivity contribution in [3.05, 3.63) is 28.8 Å². The fourth-order valence-corrected chi connectivity index (χ4v) is 2.47. The third kappa shape index (κ3) is 4.24. The molecule has 1 atom stereocenters. The fraction of sp³-hybridized carbons (Fsp3) is 0.647. The molecular weight excluding hydrogens is 234 g/mol. The van der Waals surface area contributed by atoms with E-state index in [0.29, 0.717) is 12.0 Å². The van der Waals surface area contributed by atoms with E-state index in [-0.39, 0.29) is 0 Å². The molecule has 2 heteroatoms. The van der Waals surface area contributed by atoms with Crippen LogP contribution in [0.15, 0.2) is 12.1 Å². The highest BCUT2D eigenvalue weighted by Gasteiger charge is 2.18. The molecule has 2 nitrogen and oxygen atoms in total. The van der Waals surface area contributed by atoms with Gasteiger partial charge in [0.2, 0.25) is 0 Å². The lowest BCUT2D eigenvalue weighted by Gasteiger charge is -2.24. The van der Waals surface area contributed by atoms with Crippen molar-refractivity contribution in [1.29, 1.82) is 0 Å². The molecule has 0 saturated carbocycles. The van der Waals surface area contributed by atoms with Gasteiger partial charge in [0.05, 0.1) is 7.11 Å². The monoisotopic (exact) mass is 263 g/mol. The van der Waals surface area contributed by atoms with Gasteiger partial charge in [-0.05, 0) is 50.3 Å². The highest BCUT2D eigenvalue weighted by Crippen LogP contribution is 2.33. The second-order valence-corrected chi connectivity index (χ2v) is 5.77. The Labute approximate surface area is 118 Å². The Bertz CT molecular complexity index is 398. The summed E-state index contributed by atoms with van der Waals surface area (Å²) in [4.78, 5) is 0. The van der Waals surface area contributed by atoms with Crippen LogP contribution in [0.2, 0.25) is 0 Å². The highest BCUT2D eigenvalue weighted by molar-refractivity contribution is 5.46. The van der Waals surface area contributed by atoms with Crippen molar-refractivity contribution in [2.45, 2.75) is 53.5 Å². The smallest absolute Gasteiger partial charge is 0.126 e. The summed E-state index contributed by atoms with van der Waals surface area (Å²) in [5.74, 6) is 1.72. The van der Waals surface area contributed by atoms with Crippen LogP contribution in [0.5, 0.6) is 5.75 Å². The molecule has 0 bridgehead atoms. The van der Waals surface area contributed by atoms with Gasteiger partial charge in [0.15, 0.2) is 0 Å². The quantitative estimate of drug-likeness (QED) is 0.787. The van der Waals surface area contributed by atoms with E-state index in [0.717, 1.165) is 25.1 Å². The molecule has 0 aliphatic heterocycles. The molecule has 1 N–H and O–H groups in total. The Morgan fingerprint density at radius 1 is 1.21 bits per heavy atom. The number of rotatable bonds is 7. The minimum Gasteiger partial charge on any atom is -0.496 e. The maximum Gasteiger partial charge on any atom is 0.126 e. The number of hydrogen-bond acceptors (Lipinski definition) is 2. The first-order chi connectivity index (χ1) is 9.01. The van der Waals surface area contributed by atoms with E-state index in [9.17, 15) is 0 Å². The van der Waals surface area contributed by atoms with Crippen molar-refractivity contribution < 1.29 is 4.74 Å². The number of nitrogens with one attached hydrogen (secondary N) is 1. The zero-order valence-electron chi connectivity index (χ0n) is 13.3. The van der Waals surface area contributed by atoms with Crippen LogP contribution in [0.25, 0.3) is 0 Å². The molecule has 0 spiro atoms. The van der Waals surface area contributed by atoms with Gasteiger partial charge in [0, 0.05) is 11.6 Å². The molecule has 0 aliphatic carbocycles. The predicted molar refractivity (Wildman–Crippen MR) is 83.0 cm³/mol. The van der Waals surface area contributed by atoms with Gasteiger partial charge in [0.25, 0.3) is 0 Å². The average Bonchev–Trinajstić information content (AvgIpc) is 2.37. The predicted octanol–water partition coefficient (Wildman–Crippen LogP) is 4.40. The molecule has 0 heterocycles. The third-order valence-electron chi connectivity index (χ3n) is 3.63. The number of methoxy groups -OCH3 is 1. The van der Waals surface area contributed by atoms with Crippen LogP contribution >= 0.6 is 0 Å². The minimum absolute atomic E-state index is 0.384. The van der Waals surface area contributed by atoms with Gasteiger partial charge in [0.1, 0.15) is 5.75 Å². The molecule has 0 amide bonds. The second kappa shape index (κ2) is 7.54. The summed E-state index contributed by atoms with van der Waals surface area (Å²) in [6.45, 7) is 12.1. The van der Waals surface area contributed by atoms with Crippen molar-refractivity contribution in [2.75, 3.05) is 13.7 Å². The third-order valence-corrected chi connectivity index (χ3v) is 3.63. The largest absolute Gasteiger partial charge is 0.496 e. The second-order valence-electron chi connectivity index (χ2n) is 5.77. The van der Waals surface area contributed by atoms with Gasteiger partial charge in [-0.25, -0.2) is 0 Å². The van der Waals surface area contributed by atoms with Crippen molar-refractivity contribution in [3.63, 3.8) is 0 Å². The van der Waals surface area contributed by atoms with Crippen LogP contribution < -0.4 is 10.1 Å². The van der Waals surface area contributed by atoms with E-state index in [1.165, 1.54) is 16.7 Å². The summed E-state index contributed by atoms with van der Waals surface area (Å²) in [5.41, 5.74) is 3.85. The molecule has 1 unspecified atom stereocenters. The van der Waals surface area contributed by atoms with E-state index in [4.69, 9.17) is 4.74 Å². The van der Waals surface area contributed by atoms with Gasteiger partial charge in [-0.2, -0.15) is 0 Å². The Morgan fingerprint density at radius 3 is 2.42 bits per heavy atom. The van der Waals surface area contributed by atoms with Gasteiger partial charge in [-0.3, -0.25) is 0 Å². The maximum absolute atomic E-state index is 5.66. The first-order valence-corrected chi connectivity index (χ1v) is 7.38. The summed E-state index contributed by atoms with van der Waals surface area (Å²) in [5, 5.41) is 3.66. The van der Waals surface area contributed by atoms with Crippen molar-refractivity contribution >= 4 is 0 Å². The Balaban J connectivity index is 3.09. The average molecular weight is 263 g/mol. The first-order valence-electron chi connectivity index (χ1n) is 7.38. The summed E-state index contributed by atoms with van der Waals surface area (Å²) < 4.78 is 5.66. The lowest BCUT2D eigenvalue weighted by Crippen LogP contribution is -2.24. The molecular formula is C17H29NO. The lowest BCUT2D eigenvalue weighted by molar-refractivity contribution is 0.378. The van der Waals surface area contributed by atoms with E-state index in [1.807, 2.05) is 0 Å². The van der Waals surface area contributed by atoms with Gasteiger partial charge >= 0.3 is 0 Å². The van der Waals surface area contributed by atoms with Crippen molar-refractivity contribution in [1.82, 2.24) is 5.32 Å². The SMILES string of the molecule is CCCNC(CC(C)C)c1ccc(C)c(C)c1OC. The van der Waals surface area contributed by atoms with E-state index in [1.54, 1.807) is 7.11 Å². The summed E-state index contributed by atoms with van der Waals surface area (Å²) in [6.07, 6.45) is 2.29. The molecule has 0 aliphatic rings. The zero-order chi connectivity index (χ0) is 14.4.